The van der Waals surface area contributed by atoms with Crippen LogP contribution >= 0.6 is 0 Å². The van der Waals surface area contributed by atoms with Gasteiger partial charge in [0.2, 0.25) is 0 Å². The topological polar surface area (TPSA) is 39.7 Å². The van der Waals surface area contributed by atoms with Crippen LogP contribution in [0.4, 0.5) is 0 Å². The van der Waals surface area contributed by atoms with E-state index in [1.807, 2.05) is 6.26 Å². The minimum absolute atomic E-state index is 0.0882. The third kappa shape index (κ3) is 3.48. The van der Waals surface area contributed by atoms with Crippen molar-refractivity contribution in [1.29, 1.82) is 0 Å². The molecule has 0 saturated carbocycles. The Morgan fingerprint density at radius 2 is 2.20 bits per heavy atom. The summed E-state index contributed by atoms with van der Waals surface area (Å²) < 4.78 is 15.9. The highest BCUT2D eigenvalue weighted by molar-refractivity contribution is 5.11. The summed E-state index contributed by atoms with van der Waals surface area (Å²) in [5, 5.41) is 3.36. The second-order valence-electron chi connectivity index (χ2n) is 3.54. The van der Waals surface area contributed by atoms with Crippen LogP contribution in [-0.2, 0) is 14.2 Å². The molecule has 1 heterocycles. The fourth-order valence-electron chi connectivity index (χ4n) is 1.80. The summed E-state index contributed by atoms with van der Waals surface area (Å²) in [7, 11) is 3.31. The summed E-state index contributed by atoms with van der Waals surface area (Å²) in [6.07, 6.45) is 3.69. The molecule has 0 fully saturated rings. The van der Waals surface area contributed by atoms with Gasteiger partial charge in [0.05, 0.1) is 18.9 Å². The normalized spacial score (nSPS) is 18.5. The number of methoxy groups -OCH3 is 2. The maximum atomic E-state index is 5.34. The molecule has 88 valence electrons. The molecule has 1 rings (SSSR count). The van der Waals surface area contributed by atoms with Crippen molar-refractivity contribution in [2.24, 2.45) is 0 Å². The van der Waals surface area contributed by atoms with Crippen LogP contribution in [0, 0.1) is 0 Å². The van der Waals surface area contributed by atoms with Crippen molar-refractivity contribution in [2.75, 3.05) is 27.4 Å². The van der Waals surface area contributed by atoms with Gasteiger partial charge in [-0.25, -0.2) is 0 Å². The molecule has 4 nitrogen and oxygen atoms in total. The largest absolute Gasteiger partial charge is 0.501 e. The molecule has 0 aliphatic carbocycles. The number of likely N-dealkylation sites (N-methyl/N-ethyl adjacent to an activating group) is 1. The average Bonchev–Trinajstić information content (AvgIpc) is 2.30. The molecule has 0 spiro atoms. The molecule has 0 amide bonds. The van der Waals surface area contributed by atoms with Crippen molar-refractivity contribution in [3.63, 3.8) is 0 Å². The molecule has 1 aliphatic rings. The Kier molecular flexibility index (Phi) is 5.68. The monoisotopic (exact) mass is 215 g/mol. The summed E-state index contributed by atoms with van der Waals surface area (Å²) in [5.41, 5.74) is 1.22. The molecule has 0 radical (unpaired) electrons. The molecule has 1 atom stereocenters. The SMILES string of the molecule is CCNC(C1=COCCC1)C(OC)OC. The number of hydrogen-bond donors (Lipinski definition) is 1. The van der Waals surface area contributed by atoms with Crippen LogP contribution < -0.4 is 5.32 Å². The lowest BCUT2D eigenvalue weighted by atomic mass is 10.0. The molecule has 0 aromatic carbocycles. The van der Waals surface area contributed by atoms with Gasteiger partial charge in [0.15, 0.2) is 6.29 Å². The van der Waals surface area contributed by atoms with Crippen LogP contribution in [0.5, 0.6) is 0 Å². The van der Waals surface area contributed by atoms with Gasteiger partial charge in [0, 0.05) is 14.2 Å². The lowest BCUT2D eigenvalue weighted by molar-refractivity contribution is -0.116. The summed E-state index contributed by atoms with van der Waals surface area (Å²) in [5.74, 6) is 0. The van der Waals surface area contributed by atoms with Crippen molar-refractivity contribution in [3.8, 4) is 0 Å². The van der Waals surface area contributed by atoms with Crippen molar-refractivity contribution in [1.82, 2.24) is 5.32 Å². The third-order valence-corrected chi connectivity index (χ3v) is 2.52. The smallest absolute Gasteiger partial charge is 0.176 e. The quantitative estimate of drug-likeness (QED) is 0.677. The van der Waals surface area contributed by atoms with E-state index in [4.69, 9.17) is 14.2 Å². The Balaban J connectivity index is 2.66. The highest BCUT2D eigenvalue weighted by Gasteiger charge is 2.25. The Labute approximate surface area is 91.6 Å². The predicted molar refractivity (Wildman–Crippen MR) is 58.5 cm³/mol. The first kappa shape index (κ1) is 12.5. The first-order valence-electron chi connectivity index (χ1n) is 5.43. The Hall–Kier alpha value is -0.580. The van der Waals surface area contributed by atoms with Gasteiger partial charge >= 0.3 is 0 Å². The van der Waals surface area contributed by atoms with Crippen LogP contribution in [0.1, 0.15) is 19.8 Å². The van der Waals surface area contributed by atoms with E-state index in [9.17, 15) is 0 Å². The van der Waals surface area contributed by atoms with E-state index >= 15 is 0 Å². The lowest BCUT2D eigenvalue weighted by Gasteiger charge is -2.29. The molecule has 0 aromatic rings. The fraction of sp³-hybridized carbons (Fsp3) is 0.818. The summed E-state index contributed by atoms with van der Waals surface area (Å²) >= 11 is 0. The minimum atomic E-state index is -0.252. The van der Waals surface area contributed by atoms with Gasteiger partial charge in [-0.1, -0.05) is 6.92 Å². The molecular weight excluding hydrogens is 194 g/mol. The molecule has 1 aliphatic heterocycles. The molecule has 4 heteroatoms. The van der Waals surface area contributed by atoms with Crippen LogP contribution in [0.25, 0.3) is 0 Å². The van der Waals surface area contributed by atoms with Crippen LogP contribution in [0.3, 0.4) is 0 Å². The maximum Gasteiger partial charge on any atom is 0.176 e. The third-order valence-electron chi connectivity index (χ3n) is 2.52. The number of rotatable bonds is 6. The van der Waals surface area contributed by atoms with E-state index in [2.05, 4.69) is 12.2 Å². The minimum Gasteiger partial charge on any atom is -0.501 e. The first-order chi connectivity index (χ1) is 7.33. The van der Waals surface area contributed by atoms with E-state index in [0.29, 0.717) is 0 Å². The van der Waals surface area contributed by atoms with Crippen LogP contribution in [-0.4, -0.2) is 39.7 Å². The fourth-order valence-corrected chi connectivity index (χ4v) is 1.80. The molecule has 0 aromatic heterocycles. The van der Waals surface area contributed by atoms with Gasteiger partial charge in [-0.3, -0.25) is 0 Å². The van der Waals surface area contributed by atoms with Crippen molar-refractivity contribution in [3.05, 3.63) is 11.8 Å². The van der Waals surface area contributed by atoms with E-state index in [0.717, 1.165) is 26.0 Å². The van der Waals surface area contributed by atoms with Gasteiger partial charge in [-0.15, -0.1) is 0 Å². The van der Waals surface area contributed by atoms with Gasteiger partial charge in [-0.2, -0.15) is 0 Å². The predicted octanol–water partition coefficient (Wildman–Crippen LogP) is 1.28. The molecule has 1 unspecified atom stereocenters. The Morgan fingerprint density at radius 1 is 1.47 bits per heavy atom. The second kappa shape index (κ2) is 6.82. The van der Waals surface area contributed by atoms with Gasteiger partial charge in [0.25, 0.3) is 0 Å². The van der Waals surface area contributed by atoms with Gasteiger partial charge in [0.1, 0.15) is 0 Å². The average molecular weight is 215 g/mol. The highest BCUT2D eigenvalue weighted by Crippen LogP contribution is 2.19. The molecular formula is C11H21NO3. The number of hydrogen-bond acceptors (Lipinski definition) is 4. The summed E-state index contributed by atoms with van der Waals surface area (Å²) in [4.78, 5) is 0. The standard InChI is InChI=1S/C11H21NO3/c1-4-12-10(11(13-2)14-3)9-6-5-7-15-8-9/h8,10-12H,4-7H2,1-3H3. The van der Waals surface area contributed by atoms with Crippen LogP contribution in [0.15, 0.2) is 11.8 Å². The summed E-state index contributed by atoms with van der Waals surface area (Å²) in [6, 6.07) is 0.0882. The Bertz CT molecular complexity index is 202. The second-order valence-corrected chi connectivity index (χ2v) is 3.54. The maximum absolute atomic E-state index is 5.34. The molecule has 1 N–H and O–H groups in total. The van der Waals surface area contributed by atoms with Crippen LogP contribution in [0.2, 0.25) is 0 Å². The number of ether oxygens (including phenoxy) is 3. The van der Waals surface area contributed by atoms with Gasteiger partial charge < -0.3 is 19.5 Å². The molecule has 0 saturated heterocycles. The van der Waals surface area contributed by atoms with E-state index in [-0.39, 0.29) is 12.3 Å². The Morgan fingerprint density at radius 3 is 2.67 bits per heavy atom. The molecule has 0 bridgehead atoms. The zero-order valence-electron chi connectivity index (χ0n) is 9.79. The van der Waals surface area contributed by atoms with E-state index in [1.165, 1.54) is 5.57 Å². The number of nitrogens with one attached hydrogen (secondary N) is 1. The van der Waals surface area contributed by atoms with Crippen molar-refractivity contribution in [2.45, 2.75) is 32.1 Å². The van der Waals surface area contributed by atoms with E-state index in [1.54, 1.807) is 14.2 Å². The zero-order valence-corrected chi connectivity index (χ0v) is 9.79. The van der Waals surface area contributed by atoms with E-state index < -0.39 is 0 Å². The first-order valence-corrected chi connectivity index (χ1v) is 5.43. The molecule has 15 heavy (non-hydrogen) atoms. The lowest BCUT2D eigenvalue weighted by Crippen LogP contribution is -2.44. The highest BCUT2D eigenvalue weighted by atomic mass is 16.7. The zero-order chi connectivity index (χ0) is 11.1. The summed E-state index contributed by atoms with van der Waals surface area (Å²) in [6.45, 7) is 3.76. The van der Waals surface area contributed by atoms with Crippen molar-refractivity contribution < 1.29 is 14.2 Å². The van der Waals surface area contributed by atoms with Crippen molar-refractivity contribution >= 4 is 0 Å². The van der Waals surface area contributed by atoms with Gasteiger partial charge in [-0.05, 0) is 25.0 Å².